The highest BCUT2D eigenvalue weighted by molar-refractivity contribution is 6.30. The van der Waals surface area contributed by atoms with E-state index in [1.54, 1.807) is 4.90 Å². The Kier molecular flexibility index (Phi) is 4.76. The van der Waals surface area contributed by atoms with Crippen molar-refractivity contribution in [1.82, 2.24) is 9.88 Å². The number of carbonyl (C=O) groups is 1. The van der Waals surface area contributed by atoms with Crippen LogP contribution in [0.25, 0.3) is 0 Å². The average Bonchev–Trinajstić information content (AvgIpc) is 2.62. The van der Waals surface area contributed by atoms with Gasteiger partial charge >= 0.3 is 0 Å². The summed E-state index contributed by atoms with van der Waals surface area (Å²) in [5.41, 5.74) is 1.06. The molecule has 126 valence electrons. The smallest absolute Gasteiger partial charge is 0.270 e. The SMILES string of the molecule is COc1c[nH]c(C(=O)N2CCN(c3ccc(Cl)cc3)CC2)cc1=O. The van der Waals surface area contributed by atoms with Crippen molar-refractivity contribution in [3.05, 3.63) is 57.5 Å². The minimum absolute atomic E-state index is 0.175. The molecule has 1 fully saturated rings. The molecule has 1 saturated heterocycles. The normalized spacial score (nSPS) is 14.6. The van der Waals surface area contributed by atoms with E-state index in [2.05, 4.69) is 9.88 Å². The van der Waals surface area contributed by atoms with Gasteiger partial charge in [0.05, 0.1) is 7.11 Å². The van der Waals surface area contributed by atoms with Gasteiger partial charge in [-0.1, -0.05) is 11.6 Å². The zero-order valence-electron chi connectivity index (χ0n) is 13.3. The third-order valence-corrected chi connectivity index (χ3v) is 4.34. The van der Waals surface area contributed by atoms with Crippen LogP contribution in [0.1, 0.15) is 10.5 Å². The number of amides is 1. The van der Waals surface area contributed by atoms with Crippen molar-refractivity contribution < 1.29 is 9.53 Å². The van der Waals surface area contributed by atoms with Gasteiger partial charge < -0.3 is 19.5 Å². The van der Waals surface area contributed by atoms with Crippen molar-refractivity contribution in [2.24, 2.45) is 0 Å². The van der Waals surface area contributed by atoms with Crippen LogP contribution in [0.4, 0.5) is 5.69 Å². The summed E-state index contributed by atoms with van der Waals surface area (Å²) in [6.07, 6.45) is 1.42. The first-order valence-corrected chi connectivity index (χ1v) is 8.03. The van der Waals surface area contributed by atoms with Crippen LogP contribution < -0.4 is 15.1 Å². The standard InChI is InChI=1S/C17H18ClN3O3/c1-24-16-11-19-14(10-15(16)22)17(23)21-8-6-20(7-9-21)13-4-2-12(18)3-5-13/h2-5,10-11H,6-9H2,1H3,(H,19,22). The molecule has 0 bridgehead atoms. The second kappa shape index (κ2) is 6.97. The molecule has 0 unspecified atom stereocenters. The number of piperazine rings is 1. The molecule has 3 rings (SSSR count). The molecule has 1 amide bonds. The van der Waals surface area contributed by atoms with E-state index in [1.807, 2.05) is 24.3 Å². The number of aromatic amines is 1. The van der Waals surface area contributed by atoms with Gasteiger partial charge in [-0.15, -0.1) is 0 Å². The van der Waals surface area contributed by atoms with Gasteiger partial charge in [-0.25, -0.2) is 0 Å². The van der Waals surface area contributed by atoms with Crippen LogP contribution in [0, 0.1) is 0 Å². The number of carbonyl (C=O) groups excluding carboxylic acids is 1. The highest BCUT2D eigenvalue weighted by Gasteiger charge is 2.23. The fraction of sp³-hybridized carbons (Fsp3) is 0.294. The second-order valence-corrected chi connectivity index (χ2v) is 5.97. The molecule has 7 heteroatoms. The zero-order chi connectivity index (χ0) is 17.1. The Bertz CT molecular complexity index is 780. The Morgan fingerprint density at radius 1 is 1.17 bits per heavy atom. The Hall–Kier alpha value is -2.47. The van der Waals surface area contributed by atoms with E-state index in [-0.39, 0.29) is 22.8 Å². The summed E-state index contributed by atoms with van der Waals surface area (Å²) in [7, 11) is 1.42. The number of H-pyrrole nitrogens is 1. The van der Waals surface area contributed by atoms with Crippen molar-refractivity contribution >= 4 is 23.2 Å². The van der Waals surface area contributed by atoms with Crippen molar-refractivity contribution in [2.45, 2.75) is 0 Å². The molecule has 0 spiro atoms. The van der Waals surface area contributed by atoms with E-state index in [9.17, 15) is 9.59 Å². The number of nitrogens with one attached hydrogen (secondary N) is 1. The highest BCUT2D eigenvalue weighted by atomic mass is 35.5. The molecule has 1 aromatic carbocycles. The van der Waals surface area contributed by atoms with Crippen molar-refractivity contribution in [3.63, 3.8) is 0 Å². The fourth-order valence-electron chi connectivity index (χ4n) is 2.73. The van der Waals surface area contributed by atoms with Gasteiger partial charge in [-0.2, -0.15) is 0 Å². The maximum absolute atomic E-state index is 12.5. The fourth-order valence-corrected chi connectivity index (χ4v) is 2.86. The molecule has 2 aromatic rings. The third-order valence-electron chi connectivity index (χ3n) is 4.09. The molecule has 2 heterocycles. The number of nitrogens with zero attached hydrogens (tertiary/aromatic N) is 2. The maximum Gasteiger partial charge on any atom is 0.270 e. The molecule has 1 aromatic heterocycles. The van der Waals surface area contributed by atoms with Gasteiger partial charge in [0.25, 0.3) is 5.91 Å². The van der Waals surface area contributed by atoms with E-state index >= 15 is 0 Å². The summed E-state index contributed by atoms with van der Waals surface area (Å²) in [5.74, 6) is 0.0182. The lowest BCUT2D eigenvalue weighted by molar-refractivity contribution is 0.0740. The minimum Gasteiger partial charge on any atom is -0.491 e. The van der Waals surface area contributed by atoms with Crippen LogP contribution in [0.3, 0.4) is 0 Å². The first-order chi connectivity index (χ1) is 11.6. The molecule has 0 atom stereocenters. The van der Waals surface area contributed by atoms with Gasteiger partial charge in [0.2, 0.25) is 5.43 Å². The molecule has 6 nitrogen and oxygen atoms in total. The number of rotatable bonds is 3. The van der Waals surface area contributed by atoms with Gasteiger partial charge in [-0.3, -0.25) is 9.59 Å². The summed E-state index contributed by atoms with van der Waals surface area (Å²) in [6, 6.07) is 8.95. The lowest BCUT2D eigenvalue weighted by Gasteiger charge is -2.36. The lowest BCUT2D eigenvalue weighted by atomic mass is 10.2. The van der Waals surface area contributed by atoms with Crippen LogP contribution in [-0.4, -0.2) is 49.1 Å². The van der Waals surface area contributed by atoms with Crippen LogP contribution in [0.15, 0.2) is 41.3 Å². The van der Waals surface area contributed by atoms with Crippen LogP contribution in [0.5, 0.6) is 5.75 Å². The predicted molar refractivity (Wildman–Crippen MR) is 93.2 cm³/mol. The summed E-state index contributed by atoms with van der Waals surface area (Å²) in [5, 5.41) is 0.705. The van der Waals surface area contributed by atoms with Crippen LogP contribution in [0.2, 0.25) is 5.02 Å². The topological polar surface area (TPSA) is 65.6 Å². The van der Waals surface area contributed by atoms with Crippen LogP contribution >= 0.6 is 11.6 Å². The lowest BCUT2D eigenvalue weighted by Crippen LogP contribution is -2.49. The second-order valence-electron chi connectivity index (χ2n) is 5.53. The largest absolute Gasteiger partial charge is 0.491 e. The summed E-state index contributed by atoms with van der Waals surface area (Å²) in [6.45, 7) is 2.65. The summed E-state index contributed by atoms with van der Waals surface area (Å²) < 4.78 is 4.91. The molecule has 0 radical (unpaired) electrons. The Morgan fingerprint density at radius 2 is 1.83 bits per heavy atom. The van der Waals surface area contributed by atoms with E-state index in [1.165, 1.54) is 19.4 Å². The number of hydrogen-bond donors (Lipinski definition) is 1. The Balaban J connectivity index is 1.65. The number of benzene rings is 1. The molecular weight excluding hydrogens is 330 g/mol. The van der Waals surface area contributed by atoms with E-state index in [0.717, 1.165) is 18.8 Å². The number of anilines is 1. The average molecular weight is 348 g/mol. The van der Waals surface area contributed by atoms with Crippen molar-refractivity contribution in [2.75, 3.05) is 38.2 Å². The zero-order valence-corrected chi connectivity index (χ0v) is 14.0. The summed E-state index contributed by atoms with van der Waals surface area (Å²) in [4.78, 5) is 31.1. The number of methoxy groups -OCH3 is 1. The van der Waals surface area contributed by atoms with Crippen molar-refractivity contribution in [3.8, 4) is 5.75 Å². The van der Waals surface area contributed by atoms with E-state index in [0.29, 0.717) is 18.1 Å². The maximum atomic E-state index is 12.5. The highest BCUT2D eigenvalue weighted by Crippen LogP contribution is 2.19. The third kappa shape index (κ3) is 3.38. The van der Waals surface area contributed by atoms with E-state index in [4.69, 9.17) is 16.3 Å². The molecule has 0 saturated carbocycles. The Morgan fingerprint density at radius 3 is 2.42 bits per heavy atom. The Labute approximate surface area is 144 Å². The minimum atomic E-state index is -0.306. The molecule has 1 aliphatic rings. The summed E-state index contributed by atoms with van der Waals surface area (Å²) >= 11 is 5.91. The molecule has 24 heavy (non-hydrogen) atoms. The van der Waals surface area contributed by atoms with Gasteiger partial charge in [0.1, 0.15) is 5.69 Å². The first kappa shape index (κ1) is 16.4. The monoisotopic (exact) mass is 347 g/mol. The molecule has 1 N–H and O–H groups in total. The molecule has 0 aliphatic carbocycles. The van der Waals surface area contributed by atoms with Gasteiger partial charge in [0.15, 0.2) is 5.75 Å². The molecular formula is C17H18ClN3O3. The molecule has 1 aliphatic heterocycles. The number of halogens is 1. The van der Waals surface area contributed by atoms with Crippen molar-refractivity contribution in [1.29, 1.82) is 0 Å². The van der Waals surface area contributed by atoms with Gasteiger partial charge in [0, 0.05) is 49.2 Å². The first-order valence-electron chi connectivity index (χ1n) is 7.65. The number of hydrogen-bond acceptors (Lipinski definition) is 4. The van der Waals surface area contributed by atoms with Crippen LogP contribution in [-0.2, 0) is 0 Å². The number of pyridine rings is 1. The van der Waals surface area contributed by atoms with Gasteiger partial charge in [-0.05, 0) is 24.3 Å². The number of ether oxygens (including phenoxy) is 1. The quantitative estimate of drug-likeness (QED) is 0.922. The predicted octanol–water partition coefficient (Wildman–Crippen LogP) is 2.00. The van der Waals surface area contributed by atoms with E-state index < -0.39 is 0 Å². The number of aromatic nitrogens is 1.